The van der Waals surface area contributed by atoms with E-state index in [2.05, 4.69) is 15.3 Å². The topological polar surface area (TPSA) is 96.2 Å². The van der Waals surface area contributed by atoms with E-state index < -0.39 is 0 Å². The number of amides is 1. The van der Waals surface area contributed by atoms with Crippen LogP contribution in [-0.4, -0.2) is 29.1 Å². The summed E-state index contributed by atoms with van der Waals surface area (Å²) in [6.45, 7) is 0.975. The lowest BCUT2D eigenvalue weighted by molar-refractivity contribution is 0.102. The number of rotatable bonds is 2. The van der Waals surface area contributed by atoms with Gasteiger partial charge in [0.15, 0.2) is 11.5 Å². The minimum absolute atomic E-state index is 0.265. The highest BCUT2D eigenvalue weighted by atomic mass is 16.6. The number of benzene rings is 2. The van der Waals surface area contributed by atoms with Gasteiger partial charge in [-0.05, 0) is 36.4 Å². The molecule has 2 aromatic carbocycles. The van der Waals surface area contributed by atoms with E-state index in [9.17, 15) is 9.59 Å². The second kappa shape index (κ2) is 5.20. The second-order valence-corrected chi connectivity index (χ2v) is 5.15. The van der Waals surface area contributed by atoms with E-state index in [0.29, 0.717) is 47.0 Å². The zero-order chi connectivity index (χ0) is 15.8. The van der Waals surface area contributed by atoms with Gasteiger partial charge in [-0.15, -0.1) is 0 Å². The van der Waals surface area contributed by atoms with E-state index >= 15 is 0 Å². The number of aromatic amines is 2. The summed E-state index contributed by atoms with van der Waals surface area (Å²) in [6.07, 6.45) is 0. The number of aromatic nitrogens is 2. The van der Waals surface area contributed by atoms with E-state index in [0.717, 1.165) is 0 Å². The zero-order valence-corrected chi connectivity index (χ0v) is 12.0. The molecule has 0 saturated carbocycles. The molecule has 1 aliphatic rings. The number of imidazole rings is 1. The number of ether oxygens (including phenoxy) is 2. The van der Waals surface area contributed by atoms with Crippen LogP contribution >= 0.6 is 0 Å². The molecule has 0 bridgehead atoms. The molecule has 0 atom stereocenters. The Balaban J connectivity index is 1.59. The van der Waals surface area contributed by atoms with Crippen molar-refractivity contribution in [2.24, 2.45) is 0 Å². The van der Waals surface area contributed by atoms with Crippen LogP contribution in [0.4, 0.5) is 5.69 Å². The van der Waals surface area contributed by atoms with Gasteiger partial charge in [0, 0.05) is 11.3 Å². The summed E-state index contributed by atoms with van der Waals surface area (Å²) < 4.78 is 10.9. The number of anilines is 1. The van der Waals surface area contributed by atoms with Crippen molar-refractivity contribution in [3.8, 4) is 11.5 Å². The van der Waals surface area contributed by atoms with Gasteiger partial charge in [-0.25, -0.2) is 4.79 Å². The first-order valence-electron chi connectivity index (χ1n) is 7.12. The summed E-state index contributed by atoms with van der Waals surface area (Å²) in [5, 5.41) is 2.80. The van der Waals surface area contributed by atoms with Gasteiger partial charge in [-0.2, -0.15) is 0 Å². The predicted octanol–water partition coefficient (Wildman–Crippen LogP) is 1.88. The van der Waals surface area contributed by atoms with Crippen molar-refractivity contribution in [1.82, 2.24) is 9.97 Å². The van der Waals surface area contributed by atoms with E-state index in [1.54, 1.807) is 36.4 Å². The van der Waals surface area contributed by atoms with Crippen LogP contribution in [0.2, 0.25) is 0 Å². The Labute approximate surface area is 130 Å². The maximum atomic E-state index is 12.4. The normalized spacial score (nSPS) is 13.0. The van der Waals surface area contributed by atoms with Crippen LogP contribution in [0, 0.1) is 0 Å². The number of carbonyl (C=O) groups is 1. The number of H-pyrrole nitrogens is 2. The summed E-state index contributed by atoms with van der Waals surface area (Å²) in [4.78, 5) is 28.9. The van der Waals surface area contributed by atoms with Crippen LogP contribution in [0.3, 0.4) is 0 Å². The minimum Gasteiger partial charge on any atom is -0.486 e. The standard InChI is InChI=1S/C16H13N3O4/c20-15(9-1-4-13-14(7-9)23-6-5-22-13)17-10-2-3-11-12(8-10)19-16(21)18-11/h1-4,7-8H,5-6H2,(H,17,20)(H2,18,19,21). The Hall–Kier alpha value is -3.22. The highest BCUT2D eigenvalue weighted by Gasteiger charge is 2.15. The van der Waals surface area contributed by atoms with Crippen molar-refractivity contribution in [3.05, 3.63) is 52.4 Å². The highest BCUT2D eigenvalue weighted by Crippen LogP contribution is 2.31. The largest absolute Gasteiger partial charge is 0.486 e. The summed E-state index contributed by atoms with van der Waals surface area (Å²) in [6, 6.07) is 10.2. The van der Waals surface area contributed by atoms with Gasteiger partial charge in [0.25, 0.3) is 5.91 Å². The summed E-state index contributed by atoms with van der Waals surface area (Å²) in [5.74, 6) is 0.938. The average Bonchev–Trinajstić information content (AvgIpc) is 2.93. The van der Waals surface area contributed by atoms with Crippen molar-refractivity contribution in [2.45, 2.75) is 0 Å². The molecular formula is C16H13N3O4. The molecule has 3 aromatic rings. The Morgan fingerprint density at radius 2 is 1.74 bits per heavy atom. The van der Waals surface area contributed by atoms with Crippen LogP contribution in [0.5, 0.6) is 11.5 Å². The van der Waals surface area contributed by atoms with Crippen LogP contribution in [0.15, 0.2) is 41.2 Å². The number of carbonyl (C=O) groups excluding carboxylic acids is 1. The smallest absolute Gasteiger partial charge is 0.323 e. The minimum atomic E-state index is -0.282. The number of hydrogen-bond donors (Lipinski definition) is 3. The van der Waals surface area contributed by atoms with Gasteiger partial charge in [0.2, 0.25) is 0 Å². The molecule has 23 heavy (non-hydrogen) atoms. The molecule has 7 heteroatoms. The predicted molar refractivity (Wildman–Crippen MR) is 84.3 cm³/mol. The van der Waals surface area contributed by atoms with Gasteiger partial charge in [-0.1, -0.05) is 0 Å². The first-order valence-corrected chi connectivity index (χ1v) is 7.12. The highest BCUT2D eigenvalue weighted by molar-refractivity contribution is 6.05. The molecule has 116 valence electrons. The molecule has 1 aromatic heterocycles. The molecule has 0 spiro atoms. The Kier molecular flexibility index (Phi) is 3.04. The number of fused-ring (bicyclic) bond motifs is 2. The van der Waals surface area contributed by atoms with Crippen LogP contribution in [-0.2, 0) is 0 Å². The van der Waals surface area contributed by atoms with Crippen molar-refractivity contribution in [1.29, 1.82) is 0 Å². The Morgan fingerprint density at radius 1 is 0.957 bits per heavy atom. The second-order valence-electron chi connectivity index (χ2n) is 5.15. The molecule has 1 aliphatic heterocycles. The fourth-order valence-electron chi connectivity index (χ4n) is 2.50. The lowest BCUT2D eigenvalue weighted by Gasteiger charge is -2.18. The summed E-state index contributed by atoms with van der Waals surface area (Å²) >= 11 is 0. The van der Waals surface area contributed by atoms with Crippen LogP contribution in [0.25, 0.3) is 11.0 Å². The van der Waals surface area contributed by atoms with Gasteiger partial charge in [-0.3, -0.25) is 4.79 Å². The average molecular weight is 311 g/mol. The first kappa shape index (κ1) is 13.4. The van der Waals surface area contributed by atoms with Crippen molar-refractivity contribution in [3.63, 3.8) is 0 Å². The first-order chi connectivity index (χ1) is 11.2. The maximum absolute atomic E-state index is 12.4. The fraction of sp³-hybridized carbons (Fsp3) is 0.125. The Morgan fingerprint density at radius 3 is 2.61 bits per heavy atom. The third-order valence-corrected chi connectivity index (χ3v) is 3.58. The molecule has 0 radical (unpaired) electrons. The van der Waals surface area contributed by atoms with Crippen molar-refractivity contribution < 1.29 is 14.3 Å². The monoisotopic (exact) mass is 311 g/mol. The fourth-order valence-corrected chi connectivity index (χ4v) is 2.50. The lowest BCUT2D eigenvalue weighted by Crippen LogP contribution is -2.17. The van der Waals surface area contributed by atoms with E-state index in [-0.39, 0.29) is 11.6 Å². The van der Waals surface area contributed by atoms with Crippen molar-refractivity contribution in [2.75, 3.05) is 18.5 Å². The van der Waals surface area contributed by atoms with Crippen molar-refractivity contribution >= 4 is 22.6 Å². The quantitative estimate of drug-likeness (QED) is 0.673. The van der Waals surface area contributed by atoms with Gasteiger partial charge < -0.3 is 24.8 Å². The molecule has 4 rings (SSSR count). The maximum Gasteiger partial charge on any atom is 0.323 e. The molecule has 0 saturated heterocycles. The van der Waals surface area contributed by atoms with E-state index in [1.165, 1.54) is 0 Å². The number of hydrogen-bond acceptors (Lipinski definition) is 4. The Bertz CT molecular complexity index is 957. The molecule has 3 N–H and O–H groups in total. The van der Waals surface area contributed by atoms with Gasteiger partial charge in [0.05, 0.1) is 11.0 Å². The van der Waals surface area contributed by atoms with Crippen LogP contribution in [0.1, 0.15) is 10.4 Å². The van der Waals surface area contributed by atoms with Gasteiger partial charge >= 0.3 is 5.69 Å². The van der Waals surface area contributed by atoms with Gasteiger partial charge in [0.1, 0.15) is 13.2 Å². The molecule has 0 fully saturated rings. The number of nitrogens with one attached hydrogen (secondary N) is 3. The van der Waals surface area contributed by atoms with Crippen LogP contribution < -0.4 is 20.5 Å². The molecule has 0 aliphatic carbocycles. The summed E-state index contributed by atoms with van der Waals surface area (Å²) in [5.41, 5.74) is 2.10. The zero-order valence-electron chi connectivity index (χ0n) is 12.0. The van der Waals surface area contributed by atoms with E-state index in [4.69, 9.17) is 9.47 Å². The third kappa shape index (κ3) is 2.52. The molecule has 1 amide bonds. The van der Waals surface area contributed by atoms with E-state index in [1.807, 2.05) is 0 Å². The summed E-state index contributed by atoms with van der Waals surface area (Å²) in [7, 11) is 0. The lowest BCUT2D eigenvalue weighted by atomic mass is 10.1. The molecular weight excluding hydrogens is 298 g/mol. The molecule has 0 unspecified atom stereocenters. The molecule has 7 nitrogen and oxygen atoms in total. The molecule has 2 heterocycles. The SMILES string of the molecule is O=C(Nc1ccc2[nH]c(=O)[nH]c2c1)c1ccc2c(c1)OCCO2. The third-order valence-electron chi connectivity index (χ3n) is 3.58.